The van der Waals surface area contributed by atoms with E-state index in [1.807, 2.05) is 6.92 Å². The second-order valence-corrected chi connectivity index (χ2v) is 11.4. The maximum atomic E-state index is 14.6. The molecule has 3 rings (SSSR count). The van der Waals surface area contributed by atoms with Crippen molar-refractivity contribution in [3.8, 4) is 5.75 Å². The van der Waals surface area contributed by atoms with Gasteiger partial charge < -0.3 is 15.0 Å². The molecule has 0 saturated heterocycles. The Morgan fingerprint density at radius 1 is 1.05 bits per heavy atom. The van der Waals surface area contributed by atoms with E-state index in [4.69, 9.17) is 16.3 Å². The van der Waals surface area contributed by atoms with Crippen LogP contribution in [0.15, 0.2) is 77.7 Å². The SMILES string of the molecule is CCCCNC(=O)[C@@H](C)N(Cc1ccccc1F)C(=O)CN(c1cccc(Cl)c1)S(=O)(=O)c1ccc(OC)cc1. The van der Waals surface area contributed by atoms with Gasteiger partial charge in [-0.05, 0) is 61.9 Å². The van der Waals surface area contributed by atoms with Crippen LogP contribution in [0, 0.1) is 5.82 Å². The van der Waals surface area contributed by atoms with Gasteiger partial charge in [0.05, 0.1) is 17.7 Å². The maximum Gasteiger partial charge on any atom is 0.264 e. The minimum absolute atomic E-state index is 0.0768. The highest BCUT2D eigenvalue weighted by atomic mass is 35.5. The molecular weight excluding hydrogens is 557 g/mol. The van der Waals surface area contributed by atoms with E-state index in [0.717, 1.165) is 17.1 Å². The Labute approximate surface area is 239 Å². The predicted molar refractivity (Wildman–Crippen MR) is 153 cm³/mol. The molecule has 0 aliphatic carbocycles. The number of sulfonamides is 1. The predicted octanol–water partition coefficient (Wildman–Crippen LogP) is 5.02. The van der Waals surface area contributed by atoms with Crippen LogP contribution >= 0.6 is 11.6 Å². The Bertz CT molecular complexity index is 1420. The molecule has 0 unspecified atom stereocenters. The quantitative estimate of drug-likeness (QED) is 0.283. The molecule has 40 heavy (non-hydrogen) atoms. The van der Waals surface area contributed by atoms with E-state index in [1.165, 1.54) is 73.5 Å². The van der Waals surface area contributed by atoms with Gasteiger partial charge in [0, 0.05) is 23.7 Å². The minimum atomic E-state index is -4.27. The molecule has 0 fully saturated rings. The van der Waals surface area contributed by atoms with Crippen LogP contribution in [0.2, 0.25) is 5.02 Å². The molecule has 8 nitrogen and oxygen atoms in total. The van der Waals surface area contributed by atoms with Crippen LogP contribution < -0.4 is 14.4 Å². The van der Waals surface area contributed by atoms with Crippen LogP contribution in [-0.2, 0) is 26.2 Å². The van der Waals surface area contributed by atoms with Crippen molar-refractivity contribution in [2.75, 3.05) is 24.5 Å². The third-order valence-corrected chi connectivity index (χ3v) is 8.34. The first-order valence-electron chi connectivity index (χ1n) is 12.8. The largest absolute Gasteiger partial charge is 0.497 e. The summed E-state index contributed by atoms with van der Waals surface area (Å²) in [5.74, 6) is -1.20. The van der Waals surface area contributed by atoms with Crippen molar-refractivity contribution < 1.29 is 27.1 Å². The number of nitrogens with zero attached hydrogens (tertiary/aromatic N) is 2. The second-order valence-electron chi connectivity index (χ2n) is 9.10. The standard InChI is InChI=1S/C29H33ClFN3O5S/c1-4-5-17-32-29(36)21(2)33(19-22-9-6-7-12-27(22)31)28(35)20-34(24-11-8-10-23(30)18-24)40(37,38)26-15-13-25(39-3)14-16-26/h6-16,18,21H,4-5,17,19-20H2,1-3H3,(H,32,36)/t21-/m1/s1. The topological polar surface area (TPSA) is 96.0 Å². The van der Waals surface area contributed by atoms with E-state index in [2.05, 4.69) is 5.32 Å². The van der Waals surface area contributed by atoms with Crippen molar-refractivity contribution in [3.63, 3.8) is 0 Å². The van der Waals surface area contributed by atoms with E-state index in [-0.39, 0.29) is 27.7 Å². The molecule has 0 heterocycles. The number of methoxy groups -OCH3 is 1. The van der Waals surface area contributed by atoms with Crippen molar-refractivity contribution >= 4 is 39.1 Å². The number of carbonyl (C=O) groups excluding carboxylic acids is 2. The van der Waals surface area contributed by atoms with Crippen LogP contribution in [0.25, 0.3) is 0 Å². The van der Waals surface area contributed by atoms with Gasteiger partial charge in [0.25, 0.3) is 10.0 Å². The van der Waals surface area contributed by atoms with E-state index < -0.39 is 40.2 Å². The number of benzene rings is 3. The van der Waals surface area contributed by atoms with E-state index in [0.29, 0.717) is 12.3 Å². The van der Waals surface area contributed by atoms with Crippen LogP contribution in [-0.4, -0.2) is 51.4 Å². The number of anilines is 1. The number of ether oxygens (including phenoxy) is 1. The molecule has 3 aromatic rings. The smallest absolute Gasteiger partial charge is 0.264 e. The summed E-state index contributed by atoms with van der Waals surface area (Å²) in [6.07, 6.45) is 1.62. The van der Waals surface area contributed by atoms with Crippen molar-refractivity contribution in [1.82, 2.24) is 10.2 Å². The summed E-state index contributed by atoms with van der Waals surface area (Å²) in [4.78, 5) is 27.9. The minimum Gasteiger partial charge on any atom is -0.497 e. The van der Waals surface area contributed by atoms with Crippen molar-refractivity contribution in [2.45, 2.75) is 44.2 Å². The van der Waals surface area contributed by atoms with Gasteiger partial charge in [-0.1, -0.05) is 49.2 Å². The van der Waals surface area contributed by atoms with Crippen LogP contribution in [0.1, 0.15) is 32.3 Å². The Balaban J connectivity index is 2.01. The van der Waals surface area contributed by atoms with Gasteiger partial charge in [-0.25, -0.2) is 12.8 Å². The van der Waals surface area contributed by atoms with Crippen LogP contribution in [0.3, 0.4) is 0 Å². The summed E-state index contributed by atoms with van der Waals surface area (Å²) in [6, 6.07) is 16.8. The molecule has 2 amide bonds. The zero-order chi connectivity index (χ0) is 29.3. The summed E-state index contributed by atoms with van der Waals surface area (Å²) >= 11 is 6.17. The average Bonchev–Trinajstić information content (AvgIpc) is 2.95. The normalized spacial score (nSPS) is 11.9. The molecule has 1 N–H and O–H groups in total. The van der Waals surface area contributed by atoms with Gasteiger partial charge in [0.1, 0.15) is 24.2 Å². The highest BCUT2D eigenvalue weighted by molar-refractivity contribution is 7.92. The fraction of sp³-hybridized carbons (Fsp3) is 0.310. The third kappa shape index (κ3) is 7.73. The molecule has 0 aliphatic rings. The second kappa shape index (κ2) is 14.1. The lowest BCUT2D eigenvalue weighted by Crippen LogP contribution is -2.51. The third-order valence-electron chi connectivity index (χ3n) is 6.32. The first-order valence-corrected chi connectivity index (χ1v) is 14.6. The summed E-state index contributed by atoms with van der Waals surface area (Å²) in [5.41, 5.74) is 0.346. The summed E-state index contributed by atoms with van der Waals surface area (Å²) in [6.45, 7) is 3.04. The monoisotopic (exact) mass is 589 g/mol. The number of amides is 2. The maximum absolute atomic E-state index is 14.6. The molecule has 0 saturated carbocycles. The fourth-order valence-corrected chi connectivity index (χ4v) is 5.55. The zero-order valence-electron chi connectivity index (χ0n) is 22.6. The Hall–Kier alpha value is -3.63. The van der Waals surface area contributed by atoms with Crippen LogP contribution in [0.4, 0.5) is 10.1 Å². The Morgan fingerprint density at radius 3 is 2.38 bits per heavy atom. The molecule has 0 aromatic heterocycles. The number of halogens is 2. The van der Waals surface area contributed by atoms with E-state index in [9.17, 15) is 22.4 Å². The Morgan fingerprint density at radius 2 is 1.75 bits per heavy atom. The van der Waals surface area contributed by atoms with Crippen molar-refractivity contribution in [1.29, 1.82) is 0 Å². The fourth-order valence-electron chi connectivity index (χ4n) is 3.96. The van der Waals surface area contributed by atoms with Gasteiger partial charge in [-0.15, -0.1) is 0 Å². The van der Waals surface area contributed by atoms with Crippen molar-refractivity contribution in [3.05, 3.63) is 89.2 Å². The lowest BCUT2D eigenvalue weighted by Gasteiger charge is -2.32. The molecule has 214 valence electrons. The molecule has 3 aromatic carbocycles. The molecule has 1 atom stereocenters. The number of hydrogen-bond acceptors (Lipinski definition) is 5. The zero-order valence-corrected chi connectivity index (χ0v) is 24.2. The highest BCUT2D eigenvalue weighted by Crippen LogP contribution is 2.28. The lowest BCUT2D eigenvalue weighted by molar-refractivity contribution is -0.139. The highest BCUT2D eigenvalue weighted by Gasteiger charge is 2.33. The van der Waals surface area contributed by atoms with E-state index >= 15 is 0 Å². The van der Waals surface area contributed by atoms with Crippen LogP contribution in [0.5, 0.6) is 5.75 Å². The van der Waals surface area contributed by atoms with Gasteiger partial charge in [0.15, 0.2) is 0 Å². The molecule has 11 heteroatoms. The van der Waals surface area contributed by atoms with Gasteiger partial charge >= 0.3 is 0 Å². The first-order chi connectivity index (χ1) is 19.1. The molecule has 0 spiro atoms. The van der Waals surface area contributed by atoms with Gasteiger partial charge in [0.2, 0.25) is 11.8 Å². The molecule has 0 bridgehead atoms. The number of unbranched alkanes of at least 4 members (excludes halogenated alkanes) is 1. The summed E-state index contributed by atoms with van der Waals surface area (Å²) in [5, 5.41) is 3.06. The Kier molecular flexibility index (Phi) is 10.9. The lowest BCUT2D eigenvalue weighted by atomic mass is 10.1. The molecule has 0 aliphatic heterocycles. The molecule has 0 radical (unpaired) electrons. The number of nitrogens with one attached hydrogen (secondary N) is 1. The first kappa shape index (κ1) is 30.9. The molecular formula is C29H33ClFN3O5S. The number of rotatable bonds is 13. The van der Waals surface area contributed by atoms with E-state index in [1.54, 1.807) is 18.2 Å². The number of hydrogen-bond donors (Lipinski definition) is 1. The summed E-state index contributed by atoms with van der Waals surface area (Å²) < 4.78 is 48.3. The summed E-state index contributed by atoms with van der Waals surface area (Å²) in [7, 11) is -2.81. The average molecular weight is 590 g/mol. The van der Waals surface area contributed by atoms with Crippen molar-refractivity contribution in [2.24, 2.45) is 0 Å². The van der Waals surface area contributed by atoms with Gasteiger partial charge in [-0.3, -0.25) is 13.9 Å². The van der Waals surface area contributed by atoms with Gasteiger partial charge in [-0.2, -0.15) is 0 Å². The number of carbonyl (C=O) groups is 2.